The fraction of sp³-hybridized carbons (Fsp3) is 0.561. The van der Waals surface area contributed by atoms with Crippen molar-refractivity contribution >= 4 is 11.9 Å². The van der Waals surface area contributed by atoms with Crippen LogP contribution >= 0.6 is 0 Å². The molecule has 4 rings (SSSR count). The molecule has 0 aromatic rings. The number of carbonyl (C=O) groups excluding carboxylic acids is 2. The van der Waals surface area contributed by atoms with Gasteiger partial charge >= 0.3 is 11.9 Å². The molecule has 0 amide bonds. The Balaban J connectivity index is 1.37. The van der Waals surface area contributed by atoms with Gasteiger partial charge in [-0.3, -0.25) is 0 Å². The van der Waals surface area contributed by atoms with Gasteiger partial charge in [0.05, 0.1) is 25.4 Å². The van der Waals surface area contributed by atoms with Crippen LogP contribution in [0, 0.1) is 17.8 Å². The summed E-state index contributed by atoms with van der Waals surface area (Å²) >= 11 is 0. The Labute approximate surface area is 294 Å². The van der Waals surface area contributed by atoms with Crippen molar-refractivity contribution in [1.82, 2.24) is 0 Å². The summed E-state index contributed by atoms with van der Waals surface area (Å²) in [5.74, 6) is -3.58. The first kappa shape index (κ1) is 39.3. The Bertz CT molecular complexity index is 1520. The van der Waals surface area contributed by atoms with Gasteiger partial charge in [-0.05, 0) is 148 Å². The number of esters is 2. The third-order valence-corrected chi connectivity index (χ3v) is 10.5. The third kappa shape index (κ3) is 10.3. The molecule has 0 aromatic carbocycles. The largest absolute Gasteiger partial charge is 0.462 e. The fourth-order valence-corrected chi connectivity index (χ4v) is 7.57. The first-order valence-corrected chi connectivity index (χ1v) is 18.2. The molecule has 1 atom stereocenters. The number of aliphatic hydroxyl groups is 1. The van der Waals surface area contributed by atoms with Crippen LogP contribution in [0.2, 0.25) is 0 Å². The van der Waals surface area contributed by atoms with E-state index in [2.05, 4.69) is 20.1 Å². The molecule has 0 spiro atoms. The summed E-state index contributed by atoms with van der Waals surface area (Å²) in [5.41, 5.74) is 3.30. The lowest BCUT2D eigenvalue weighted by Gasteiger charge is -2.33. The quantitative estimate of drug-likeness (QED) is 0.0751. The summed E-state index contributed by atoms with van der Waals surface area (Å²) in [5, 5.41) is 9.15. The van der Waals surface area contributed by atoms with E-state index in [1.54, 1.807) is 6.92 Å². The third-order valence-electron chi connectivity index (χ3n) is 10.5. The first-order valence-electron chi connectivity index (χ1n) is 18.2. The van der Waals surface area contributed by atoms with Crippen LogP contribution in [0.15, 0.2) is 93.2 Å². The van der Waals surface area contributed by atoms with E-state index in [-0.39, 0.29) is 53.5 Å². The number of aliphatic hydroxyl groups excluding tert-OH is 1. The Hall–Kier alpha value is -3.46. The predicted molar refractivity (Wildman–Crippen MR) is 187 cm³/mol. The maximum Gasteiger partial charge on any atom is 0.335 e. The van der Waals surface area contributed by atoms with Crippen molar-refractivity contribution in [3.05, 3.63) is 93.2 Å². The SMILES string of the molecule is C=C(C)C(=O)OCC(COC(=O)C(=C)CO)CC1CCC(C2=C(F)C=C(C3=C(F)C=C(C4=C(F)C(F)=C(CCCCC)CC4)CC3)CC2)CC1. The second-order valence-corrected chi connectivity index (χ2v) is 14.3. The highest BCUT2D eigenvalue weighted by molar-refractivity contribution is 5.88. The molecule has 0 aromatic heterocycles. The molecule has 1 fully saturated rings. The van der Waals surface area contributed by atoms with Gasteiger partial charge < -0.3 is 14.6 Å². The van der Waals surface area contributed by atoms with Gasteiger partial charge in [0.2, 0.25) is 0 Å². The van der Waals surface area contributed by atoms with Crippen LogP contribution in [0.4, 0.5) is 17.6 Å². The van der Waals surface area contributed by atoms with Crippen LogP contribution in [-0.4, -0.2) is 36.9 Å². The number of hydrogen-bond donors (Lipinski definition) is 1. The lowest BCUT2D eigenvalue weighted by molar-refractivity contribution is -0.144. The molecule has 1 N–H and O–H groups in total. The molecule has 9 heteroatoms. The molecule has 0 bridgehead atoms. The van der Waals surface area contributed by atoms with E-state index in [1.165, 1.54) is 12.2 Å². The van der Waals surface area contributed by atoms with Gasteiger partial charge in [0, 0.05) is 11.5 Å². The highest BCUT2D eigenvalue weighted by Gasteiger charge is 2.32. The maximum absolute atomic E-state index is 15.6. The number of rotatable bonds is 16. The zero-order valence-electron chi connectivity index (χ0n) is 29.6. The predicted octanol–water partition coefficient (Wildman–Crippen LogP) is 10.7. The van der Waals surface area contributed by atoms with Gasteiger partial charge in [-0.15, -0.1) is 0 Å². The number of hydrogen-bond acceptors (Lipinski definition) is 5. The van der Waals surface area contributed by atoms with Crippen molar-refractivity contribution in [3.8, 4) is 0 Å². The molecule has 4 aliphatic carbocycles. The summed E-state index contributed by atoms with van der Waals surface area (Å²) in [6, 6.07) is 0. The fourth-order valence-electron chi connectivity index (χ4n) is 7.57. The Morgan fingerprint density at radius 3 is 2.06 bits per heavy atom. The smallest absolute Gasteiger partial charge is 0.335 e. The zero-order valence-corrected chi connectivity index (χ0v) is 29.6. The van der Waals surface area contributed by atoms with Crippen molar-refractivity contribution in [1.29, 1.82) is 0 Å². The van der Waals surface area contributed by atoms with Crippen molar-refractivity contribution < 1.29 is 41.7 Å². The molecule has 0 heterocycles. The van der Waals surface area contributed by atoms with Crippen molar-refractivity contribution in [3.63, 3.8) is 0 Å². The Morgan fingerprint density at radius 2 is 1.44 bits per heavy atom. The standard InChI is InChI=1S/C41H52F4O5/c1-5-6-7-8-30-13-18-35(39(45)38(30)44)32-15-17-34(37(43)21-32)31-14-16-33(36(42)20-31)29-11-9-27(10-12-29)19-28(23-49-40(47)25(2)3)24-50-41(48)26(4)22-46/h20-21,27-29,46H,2,4-19,22-24H2,1,3H3. The molecular weight excluding hydrogens is 648 g/mol. The van der Waals surface area contributed by atoms with Crippen molar-refractivity contribution in [2.24, 2.45) is 17.8 Å². The molecule has 4 aliphatic rings. The monoisotopic (exact) mass is 700 g/mol. The number of carbonyl (C=O) groups is 2. The van der Waals surface area contributed by atoms with Crippen LogP contribution in [0.3, 0.4) is 0 Å². The van der Waals surface area contributed by atoms with E-state index < -0.39 is 36.0 Å². The highest BCUT2D eigenvalue weighted by Crippen LogP contribution is 2.45. The Morgan fingerprint density at radius 1 is 0.820 bits per heavy atom. The summed E-state index contributed by atoms with van der Waals surface area (Å²) in [4.78, 5) is 24.0. The van der Waals surface area contributed by atoms with E-state index in [9.17, 15) is 14.0 Å². The molecule has 0 aliphatic heterocycles. The minimum absolute atomic E-state index is 0.0121. The molecular formula is C41H52F4O5. The molecule has 274 valence electrons. The second-order valence-electron chi connectivity index (χ2n) is 14.3. The lowest BCUT2D eigenvalue weighted by atomic mass is 9.73. The highest BCUT2D eigenvalue weighted by atomic mass is 19.2. The van der Waals surface area contributed by atoms with Crippen LogP contribution < -0.4 is 0 Å². The molecule has 0 saturated heterocycles. The van der Waals surface area contributed by atoms with E-state index in [1.807, 2.05) is 0 Å². The molecule has 0 radical (unpaired) electrons. The minimum atomic E-state index is -0.857. The molecule has 1 saturated carbocycles. The zero-order chi connectivity index (χ0) is 36.4. The second kappa shape index (κ2) is 18.7. The van der Waals surface area contributed by atoms with Gasteiger partial charge in [-0.25, -0.2) is 27.2 Å². The lowest BCUT2D eigenvalue weighted by Crippen LogP contribution is -2.26. The van der Waals surface area contributed by atoms with Gasteiger partial charge in [-0.2, -0.15) is 0 Å². The average Bonchev–Trinajstić information content (AvgIpc) is 3.11. The van der Waals surface area contributed by atoms with Crippen molar-refractivity contribution in [2.75, 3.05) is 19.8 Å². The summed E-state index contributed by atoms with van der Waals surface area (Å²) < 4.78 is 71.6. The molecule has 50 heavy (non-hydrogen) atoms. The molecule has 1 unspecified atom stereocenters. The summed E-state index contributed by atoms with van der Waals surface area (Å²) in [6.45, 7) is 10.3. The van der Waals surface area contributed by atoms with E-state index in [0.29, 0.717) is 73.7 Å². The van der Waals surface area contributed by atoms with Crippen LogP contribution in [0.5, 0.6) is 0 Å². The van der Waals surface area contributed by atoms with E-state index in [4.69, 9.17) is 14.6 Å². The normalized spacial score (nSPS) is 22.3. The van der Waals surface area contributed by atoms with Crippen LogP contribution in [0.1, 0.15) is 110 Å². The van der Waals surface area contributed by atoms with E-state index in [0.717, 1.165) is 50.5 Å². The maximum atomic E-state index is 15.6. The number of ether oxygens (including phenoxy) is 2. The van der Waals surface area contributed by atoms with Gasteiger partial charge in [0.1, 0.15) is 11.7 Å². The van der Waals surface area contributed by atoms with Gasteiger partial charge in [0.25, 0.3) is 0 Å². The Kier molecular flexibility index (Phi) is 14.7. The topological polar surface area (TPSA) is 72.8 Å². The van der Waals surface area contributed by atoms with E-state index >= 15 is 13.2 Å². The number of allylic oxidation sites excluding steroid dienone is 12. The van der Waals surface area contributed by atoms with Crippen LogP contribution in [-0.2, 0) is 19.1 Å². The first-order chi connectivity index (χ1) is 23.9. The van der Waals surface area contributed by atoms with Crippen molar-refractivity contribution in [2.45, 2.75) is 110 Å². The van der Waals surface area contributed by atoms with Crippen LogP contribution in [0.25, 0.3) is 0 Å². The summed E-state index contributed by atoms with van der Waals surface area (Å²) in [6.07, 6.45) is 12.5. The summed E-state index contributed by atoms with van der Waals surface area (Å²) in [7, 11) is 0. The molecule has 5 nitrogen and oxygen atoms in total. The minimum Gasteiger partial charge on any atom is -0.462 e. The van der Waals surface area contributed by atoms with Gasteiger partial charge in [0.15, 0.2) is 11.7 Å². The van der Waals surface area contributed by atoms with Gasteiger partial charge in [-0.1, -0.05) is 32.9 Å². The average molecular weight is 701 g/mol. The number of unbranched alkanes of at least 4 members (excludes halogenated alkanes) is 2. The number of halogens is 4.